The predicted octanol–water partition coefficient (Wildman–Crippen LogP) is -5.47. The van der Waals surface area contributed by atoms with E-state index in [2.05, 4.69) is 5.32 Å². The number of hydrogen-bond acceptors (Lipinski definition) is 4. The topological polar surface area (TPSA) is 115 Å². The van der Waals surface area contributed by atoms with Crippen molar-refractivity contribution in [1.29, 1.82) is 0 Å². The molecule has 0 bridgehead atoms. The number of nitrogens with one attached hydrogen (secondary N) is 1. The summed E-state index contributed by atoms with van der Waals surface area (Å²) in [5, 5.41) is 13.3. The summed E-state index contributed by atoms with van der Waals surface area (Å²) in [4.78, 5) is 10.4. The van der Waals surface area contributed by atoms with Crippen LogP contribution in [0.25, 0.3) is 0 Å². The van der Waals surface area contributed by atoms with Crippen molar-refractivity contribution < 1.29 is 72.2 Å². The summed E-state index contributed by atoms with van der Waals surface area (Å²) in [6.07, 6.45) is 0. The first-order chi connectivity index (χ1) is 4.54. The molecule has 0 spiro atoms. The van der Waals surface area contributed by atoms with Crippen molar-refractivity contribution >= 4 is 17.7 Å². The molecular formula is C6H14KNO4S. The fraction of sp³-hybridized carbons (Fsp3) is 0.833. The molecule has 1 saturated heterocycles. The Morgan fingerprint density at radius 3 is 2.15 bits per heavy atom. The van der Waals surface area contributed by atoms with E-state index in [-0.39, 0.29) is 67.1 Å². The van der Waals surface area contributed by atoms with Crippen LogP contribution in [0.3, 0.4) is 0 Å². The molecule has 0 radical (unpaired) electrons. The minimum absolute atomic E-state index is 0. The van der Waals surface area contributed by atoms with Crippen molar-refractivity contribution in [3.05, 3.63) is 0 Å². The summed E-state index contributed by atoms with van der Waals surface area (Å²) in [5.74, 6) is -0.305. The molecule has 5 N–H and O–H groups in total. The van der Waals surface area contributed by atoms with Gasteiger partial charge >= 0.3 is 51.4 Å². The van der Waals surface area contributed by atoms with Gasteiger partial charge in [0.2, 0.25) is 0 Å². The zero-order valence-electron chi connectivity index (χ0n) is 8.01. The molecule has 5 nitrogen and oxygen atoms in total. The molecule has 7 heteroatoms. The number of carboxylic acids is 1. The Kier molecular flexibility index (Phi) is 11.6. The Bertz CT molecular complexity index is 167. The molecule has 1 rings (SSSR count). The Morgan fingerprint density at radius 2 is 2.00 bits per heavy atom. The van der Waals surface area contributed by atoms with Crippen molar-refractivity contribution in [1.82, 2.24) is 5.32 Å². The number of thioether (sulfide) groups is 1. The second-order valence-corrected chi connectivity index (χ2v) is 4.48. The molecule has 0 aromatic heterocycles. The molecule has 1 aliphatic rings. The second-order valence-electron chi connectivity index (χ2n) is 2.85. The second kappa shape index (κ2) is 7.61. The Labute approximate surface area is 124 Å². The van der Waals surface area contributed by atoms with E-state index in [1.165, 1.54) is 0 Å². The summed E-state index contributed by atoms with van der Waals surface area (Å²) >= 11 is 1.60. The third kappa shape index (κ3) is 5.10. The average molecular weight is 235 g/mol. The maximum absolute atomic E-state index is 10.4. The largest absolute Gasteiger partial charge is 1.00 e. The predicted molar refractivity (Wildman–Crippen MR) is 45.7 cm³/mol. The fourth-order valence-electron chi connectivity index (χ4n) is 1.01. The monoisotopic (exact) mass is 235 g/mol. The quantitative estimate of drug-likeness (QED) is 0.456. The molecule has 1 heterocycles. The number of carbonyl (C=O) groups is 1. The van der Waals surface area contributed by atoms with E-state index in [0.717, 1.165) is 0 Å². The van der Waals surface area contributed by atoms with Crippen LogP contribution >= 0.6 is 11.8 Å². The molecular weight excluding hydrogens is 221 g/mol. The van der Waals surface area contributed by atoms with Gasteiger partial charge in [-0.3, -0.25) is 5.32 Å². The smallest absolute Gasteiger partial charge is 0.548 e. The summed E-state index contributed by atoms with van der Waals surface area (Å²) in [7, 11) is 0. The first kappa shape index (κ1) is 19.8. The van der Waals surface area contributed by atoms with Crippen molar-refractivity contribution in [2.45, 2.75) is 24.6 Å². The normalized spacial score (nSPS) is 23.4. The van der Waals surface area contributed by atoms with Crippen molar-refractivity contribution in [3.8, 4) is 0 Å². The van der Waals surface area contributed by atoms with Crippen molar-refractivity contribution in [3.63, 3.8) is 0 Å². The fourth-order valence-corrected chi connectivity index (χ4v) is 1.98. The zero-order chi connectivity index (χ0) is 7.78. The van der Waals surface area contributed by atoms with E-state index < -0.39 is 12.0 Å². The van der Waals surface area contributed by atoms with Crippen molar-refractivity contribution in [2.75, 3.05) is 5.88 Å². The van der Waals surface area contributed by atoms with Gasteiger partial charge in [0, 0.05) is 10.6 Å². The number of aliphatic carboxylic acids is 1. The van der Waals surface area contributed by atoms with Gasteiger partial charge in [-0.25, -0.2) is 0 Å². The Balaban J connectivity index is -0.000000333. The van der Waals surface area contributed by atoms with Gasteiger partial charge in [0.05, 0.1) is 12.0 Å². The van der Waals surface area contributed by atoms with E-state index in [1.807, 2.05) is 13.8 Å². The molecule has 1 atom stereocenters. The van der Waals surface area contributed by atoms with Gasteiger partial charge in [-0.2, -0.15) is 0 Å². The van der Waals surface area contributed by atoms with Gasteiger partial charge in [0.25, 0.3) is 0 Å². The van der Waals surface area contributed by atoms with E-state index in [1.54, 1.807) is 11.8 Å². The third-order valence-corrected chi connectivity index (χ3v) is 2.95. The van der Waals surface area contributed by atoms with Crippen LogP contribution in [0, 0.1) is 0 Å². The van der Waals surface area contributed by atoms with Crippen LogP contribution in [0.5, 0.6) is 0 Å². The van der Waals surface area contributed by atoms with Crippen LogP contribution in [-0.2, 0) is 4.79 Å². The van der Waals surface area contributed by atoms with Crippen LogP contribution in [0.2, 0.25) is 0 Å². The van der Waals surface area contributed by atoms with Crippen LogP contribution < -0.4 is 61.8 Å². The molecule has 0 aliphatic carbocycles. The van der Waals surface area contributed by atoms with Crippen molar-refractivity contribution in [2.24, 2.45) is 0 Å². The number of carbonyl (C=O) groups excluding carboxylic acids is 1. The van der Waals surface area contributed by atoms with E-state index in [9.17, 15) is 9.90 Å². The van der Waals surface area contributed by atoms with Gasteiger partial charge in [-0.1, -0.05) is 0 Å². The van der Waals surface area contributed by atoms with Crippen LogP contribution in [-0.4, -0.2) is 33.6 Å². The summed E-state index contributed by atoms with van der Waals surface area (Å²) in [6, 6.07) is -0.502. The molecule has 0 saturated carbocycles. The number of rotatable bonds is 1. The van der Waals surface area contributed by atoms with E-state index >= 15 is 0 Å². The average Bonchev–Trinajstić information content (AvgIpc) is 2.08. The third-order valence-electron chi connectivity index (χ3n) is 1.66. The zero-order valence-corrected chi connectivity index (χ0v) is 11.9. The first-order valence-electron chi connectivity index (χ1n) is 3.12. The number of carboxylic acid groups (broad SMARTS) is 1. The molecule has 0 amide bonds. The molecule has 1 aliphatic heterocycles. The maximum Gasteiger partial charge on any atom is 1.00 e. The minimum Gasteiger partial charge on any atom is -0.548 e. The van der Waals surface area contributed by atoms with Gasteiger partial charge < -0.3 is 20.9 Å². The van der Waals surface area contributed by atoms with Crippen LogP contribution in [0.1, 0.15) is 13.8 Å². The molecule has 74 valence electrons. The van der Waals surface area contributed by atoms with Crippen LogP contribution in [0.15, 0.2) is 0 Å². The summed E-state index contributed by atoms with van der Waals surface area (Å²) in [5.41, 5.74) is 0. The number of hydrogen-bond donors (Lipinski definition) is 1. The Morgan fingerprint density at radius 1 is 1.54 bits per heavy atom. The van der Waals surface area contributed by atoms with E-state index in [0.29, 0.717) is 5.88 Å². The van der Waals surface area contributed by atoms with Gasteiger partial charge in [0.1, 0.15) is 0 Å². The first-order valence-corrected chi connectivity index (χ1v) is 4.11. The molecule has 1 fully saturated rings. The van der Waals surface area contributed by atoms with Gasteiger partial charge in [-0.15, -0.1) is 11.8 Å². The SMILES string of the molecule is CC1(C)SCN[C@H]1C(=O)[O-].O.O.[K+]. The standard InChI is InChI=1S/C6H11NO2S.K.2H2O/c1-6(2)4(5(8)9)7-3-10-6;;;/h4,7H,3H2,1-2H3,(H,8,9);;2*1H2/q;+1;;/p-1/t4-;;;/m0.../s1. The Hall–Kier alpha value is 1.34. The van der Waals surface area contributed by atoms with Gasteiger partial charge in [-0.05, 0) is 13.8 Å². The molecule has 13 heavy (non-hydrogen) atoms. The summed E-state index contributed by atoms with van der Waals surface area (Å²) in [6.45, 7) is 3.80. The molecule has 0 aromatic rings. The molecule has 0 unspecified atom stereocenters. The molecule has 0 aromatic carbocycles. The van der Waals surface area contributed by atoms with Gasteiger partial charge in [0.15, 0.2) is 0 Å². The van der Waals surface area contributed by atoms with E-state index in [4.69, 9.17) is 0 Å². The summed E-state index contributed by atoms with van der Waals surface area (Å²) < 4.78 is -0.223. The van der Waals surface area contributed by atoms with Crippen LogP contribution in [0.4, 0.5) is 0 Å². The minimum atomic E-state index is -1.00. The maximum atomic E-state index is 10.4.